The zero-order valence-electron chi connectivity index (χ0n) is 20.3. The molecule has 2 aliphatic rings. The van der Waals surface area contributed by atoms with Crippen molar-refractivity contribution in [3.05, 3.63) is 70.7 Å². The van der Waals surface area contributed by atoms with Crippen molar-refractivity contribution in [1.82, 2.24) is 9.80 Å². The Bertz CT molecular complexity index is 1070. The van der Waals surface area contributed by atoms with E-state index in [1.165, 1.54) is 4.90 Å². The van der Waals surface area contributed by atoms with Crippen LogP contribution < -0.4 is 0 Å². The van der Waals surface area contributed by atoms with E-state index in [2.05, 4.69) is 0 Å². The van der Waals surface area contributed by atoms with Crippen molar-refractivity contribution in [3.8, 4) is 0 Å². The Kier molecular flexibility index (Phi) is 7.08. The third kappa shape index (κ3) is 5.61. The molecule has 2 aromatic carbocycles. The van der Waals surface area contributed by atoms with E-state index in [1.54, 1.807) is 17.0 Å². The van der Waals surface area contributed by atoms with Gasteiger partial charge in [-0.05, 0) is 56.9 Å². The number of ether oxygens (including phenoxy) is 2. The van der Waals surface area contributed by atoms with Gasteiger partial charge >= 0.3 is 12.2 Å². The Morgan fingerprint density at radius 1 is 1.06 bits per heavy atom. The predicted octanol–water partition coefficient (Wildman–Crippen LogP) is 5.72. The minimum atomic E-state index is -0.624. The molecule has 0 radical (unpaired) electrons. The summed E-state index contributed by atoms with van der Waals surface area (Å²) in [6.07, 6.45) is 0.244. The van der Waals surface area contributed by atoms with Crippen LogP contribution >= 0.6 is 11.6 Å². The van der Waals surface area contributed by atoms with Crippen molar-refractivity contribution in [1.29, 1.82) is 0 Å². The predicted molar refractivity (Wildman–Crippen MR) is 132 cm³/mol. The molecule has 8 heteroatoms. The number of benzene rings is 2. The lowest BCUT2D eigenvalue weighted by Gasteiger charge is -2.42. The Hall–Kier alpha value is -3.06. The molecule has 0 aliphatic carbocycles. The van der Waals surface area contributed by atoms with Crippen LogP contribution in [0.15, 0.2) is 54.6 Å². The Morgan fingerprint density at radius 2 is 1.69 bits per heavy atom. The van der Waals surface area contributed by atoms with Crippen molar-refractivity contribution in [2.24, 2.45) is 0 Å². The molecule has 186 valence electrons. The van der Waals surface area contributed by atoms with Gasteiger partial charge in [-0.25, -0.2) is 14.5 Å². The zero-order chi connectivity index (χ0) is 25.2. The molecule has 0 saturated carbocycles. The van der Waals surface area contributed by atoms with Gasteiger partial charge in [0.25, 0.3) is 0 Å². The summed E-state index contributed by atoms with van der Waals surface area (Å²) in [5.41, 5.74) is 0.680. The van der Waals surface area contributed by atoms with E-state index in [1.807, 2.05) is 63.2 Å². The molecule has 0 spiro atoms. The van der Waals surface area contributed by atoms with E-state index in [0.717, 1.165) is 11.1 Å². The number of rotatable bonds is 4. The molecule has 2 saturated heterocycles. The van der Waals surface area contributed by atoms with E-state index < -0.39 is 23.2 Å². The molecular weight excluding hydrogens is 468 g/mol. The second kappa shape index (κ2) is 9.90. The topological polar surface area (TPSA) is 76.2 Å². The van der Waals surface area contributed by atoms with E-state index in [0.29, 0.717) is 31.0 Å². The van der Waals surface area contributed by atoms with Crippen LogP contribution in [0.4, 0.5) is 9.59 Å². The third-order valence-corrected chi connectivity index (χ3v) is 6.90. The highest BCUT2D eigenvalue weighted by Crippen LogP contribution is 2.41. The molecule has 1 unspecified atom stereocenters. The maximum Gasteiger partial charge on any atom is 0.417 e. The number of imide groups is 1. The van der Waals surface area contributed by atoms with Crippen molar-refractivity contribution in [2.75, 3.05) is 19.7 Å². The molecule has 4 rings (SSSR count). The summed E-state index contributed by atoms with van der Waals surface area (Å²) < 4.78 is 10.8. The van der Waals surface area contributed by atoms with Crippen molar-refractivity contribution in [2.45, 2.75) is 57.1 Å². The maximum absolute atomic E-state index is 13.6. The quantitative estimate of drug-likeness (QED) is 0.539. The number of carbonyl (C=O) groups is 3. The van der Waals surface area contributed by atoms with Gasteiger partial charge in [0.2, 0.25) is 5.91 Å². The number of hydrogen-bond donors (Lipinski definition) is 0. The number of nitrogens with zero attached hydrogens (tertiary/aromatic N) is 2. The Balaban J connectivity index is 1.57. The molecule has 2 fully saturated rings. The molecule has 2 heterocycles. The first-order valence-electron chi connectivity index (χ1n) is 11.9. The molecule has 0 N–H and O–H groups in total. The van der Waals surface area contributed by atoms with Crippen molar-refractivity contribution in [3.63, 3.8) is 0 Å². The number of amides is 3. The number of cyclic esters (lactones) is 1. The van der Waals surface area contributed by atoms with Crippen LogP contribution in [-0.2, 0) is 19.7 Å². The van der Waals surface area contributed by atoms with E-state index in [-0.39, 0.29) is 25.0 Å². The summed E-state index contributed by atoms with van der Waals surface area (Å²) in [6.45, 7) is 6.53. The van der Waals surface area contributed by atoms with Crippen molar-refractivity contribution >= 4 is 29.7 Å². The van der Waals surface area contributed by atoms with Gasteiger partial charge in [0.05, 0.1) is 0 Å². The van der Waals surface area contributed by atoms with Gasteiger partial charge in [-0.3, -0.25) is 4.79 Å². The van der Waals surface area contributed by atoms with Crippen LogP contribution in [-0.4, -0.2) is 53.2 Å². The summed E-state index contributed by atoms with van der Waals surface area (Å²) in [4.78, 5) is 41.8. The number of likely N-dealkylation sites (tertiary alicyclic amines) is 1. The van der Waals surface area contributed by atoms with Crippen LogP contribution in [0.2, 0.25) is 5.02 Å². The maximum atomic E-state index is 13.6. The number of piperidine rings is 1. The number of carbonyl (C=O) groups excluding carboxylic acids is 3. The molecule has 0 bridgehead atoms. The first-order chi connectivity index (χ1) is 16.6. The third-order valence-electron chi connectivity index (χ3n) is 6.64. The fraction of sp³-hybridized carbons (Fsp3) is 0.444. The summed E-state index contributed by atoms with van der Waals surface area (Å²) in [7, 11) is 0. The molecule has 1 atom stereocenters. The van der Waals surface area contributed by atoms with E-state index in [4.69, 9.17) is 21.1 Å². The van der Waals surface area contributed by atoms with Crippen LogP contribution in [0, 0.1) is 0 Å². The van der Waals surface area contributed by atoms with Crippen LogP contribution in [0.25, 0.3) is 0 Å². The molecule has 2 aliphatic heterocycles. The Labute approximate surface area is 210 Å². The summed E-state index contributed by atoms with van der Waals surface area (Å²) in [6, 6.07) is 16.4. The summed E-state index contributed by atoms with van der Waals surface area (Å²) >= 11 is 6.13. The fourth-order valence-corrected chi connectivity index (χ4v) is 4.93. The Morgan fingerprint density at radius 3 is 2.29 bits per heavy atom. The largest absolute Gasteiger partial charge is 0.446 e. The molecule has 7 nitrogen and oxygen atoms in total. The molecule has 3 amide bonds. The molecular formula is C27H31ClN2O5. The average Bonchev–Trinajstić information content (AvgIpc) is 3.21. The van der Waals surface area contributed by atoms with Gasteiger partial charge in [0, 0.05) is 29.9 Å². The van der Waals surface area contributed by atoms with Gasteiger partial charge in [0.15, 0.2) is 0 Å². The minimum absolute atomic E-state index is 0.120. The summed E-state index contributed by atoms with van der Waals surface area (Å²) in [5, 5.41) is 0.605. The standard InChI is InChI=1S/C27H31ClN2O5/c1-26(2,3)35-24(32)29-15-13-27(14-16-29,20-9-11-21(28)12-10-20)17-23(31)30-22(18-34-25(30)33)19-7-5-4-6-8-19/h4-12,22H,13-18H2,1-3H3. The number of hydrogen-bond acceptors (Lipinski definition) is 5. The van der Waals surface area contributed by atoms with E-state index >= 15 is 0 Å². The first kappa shape index (κ1) is 25.0. The van der Waals surface area contributed by atoms with Gasteiger partial charge in [-0.2, -0.15) is 0 Å². The number of halogens is 1. The average molecular weight is 499 g/mol. The second-order valence-electron chi connectivity index (χ2n) is 10.2. The fourth-order valence-electron chi connectivity index (χ4n) is 4.81. The van der Waals surface area contributed by atoms with E-state index in [9.17, 15) is 14.4 Å². The zero-order valence-corrected chi connectivity index (χ0v) is 21.1. The first-order valence-corrected chi connectivity index (χ1v) is 12.2. The highest BCUT2D eigenvalue weighted by molar-refractivity contribution is 6.30. The molecule has 2 aromatic rings. The lowest BCUT2D eigenvalue weighted by atomic mass is 9.70. The monoisotopic (exact) mass is 498 g/mol. The summed E-state index contributed by atoms with van der Waals surface area (Å²) in [5.74, 6) is -0.290. The minimum Gasteiger partial charge on any atom is -0.446 e. The molecule has 0 aromatic heterocycles. The SMILES string of the molecule is CC(C)(C)OC(=O)N1CCC(CC(=O)N2C(=O)OCC2c2ccccc2)(c2ccc(Cl)cc2)CC1. The van der Waals surface area contributed by atoms with Gasteiger partial charge in [-0.1, -0.05) is 54.1 Å². The second-order valence-corrected chi connectivity index (χ2v) is 10.6. The highest BCUT2D eigenvalue weighted by atomic mass is 35.5. The van der Waals surface area contributed by atoms with Crippen LogP contribution in [0.1, 0.15) is 57.2 Å². The van der Waals surface area contributed by atoms with Crippen LogP contribution in [0.5, 0.6) is 0 Å². The molecule has 35 heavy (non-hydrogen) atoms. The smallest absolute Gasteiger partial charge is 0.417 e. The lowest BCUT2D eigenvalue weighted by Crippen LogP contribution is -2.49. The normalized spacial score (nSPS) is 19.9. The van der Waals surface area contributed by atoms with Gasteiger partial charge < -0.3 is 14.4 Å². The highest BCUT2D eigenvalue weighted by Gasteiger charge is 2.45. The van der Waals surface area contributed by atoms with Crippen LogP contribution in [0.3, 0.4) is 0 Å². The van der Waals surface area contributed by atoms with Gasteiger partial charge in [-0.15, -0.1) is 0 Å². The van der Waals surface area contributed by atoms with Crippen molar-refractivity contribution < 1.29 is 23.9 Å². The lowest BCUT2D eigenvalue weighted by molar-refractivity contribution is -0.131. The van der Waals surface area contributed by atoms with Gasteiger partial charge in [0.1, 0.15) is 18.2 Å².